The number of carbonyl (C=O) groups is 2. The molecular formula is C26H36N4O5. The largest absolute Gasteiger partial charge is 0.481 e. The van der Waals surface area contributed by atoms with E-state index < -0.39 is 24.0 Å². The third-order valence-corrected chi connectivity index (χ3v) is 6.06. The Kier molecular flexibility index (Phi) is 8.67. The number of aryl methyl sites for hydroxylation is 1. The number of carbonyl (C=O) groups excluding carboxylic acids is 1. The highest BCUT2D eigenvalue weighted by Crippen LogP contribution is 2.26. The molecule has 0 unspecified atom stereocenters. The molecule has 190 valence electrons. The third-order valence-electron chi connectivity index (χ3n) is 6.06. The summed E-state index contributed by atoms with van der Waals surface area (Å²) in [5, 5.41) is 12.5. The van der Waals surface area contributed by atoms with Gasteiger partial charge in [-0.2, -0.15) is 0 Å². The number of ether oxygens (including phenoxy) is 1. The number of anilines is 1. The van der Waals surface area contributed by atoms with Crippen molar-refractivity contribution < 1.29 is 19.4 Å². The lowest BCUT2D eigenvalue weighted by Gasteiger charge is -2.37. The predicted octanol–water partition coefficient (Wildman–Crippen LogP) is 3.08. The maximum atomic E-state index is 13.4. The van der Waals surface area contributed by atoms with E-state index in [0.717, 1.165) is 11.3 Å². The van der Waals surface area contributed by atoms with Crippen LogP contribution in [0.4, 0.5) is 5.69 Å². The van der Waals surface area contributed by atoms with Crippen molar-refractivity contribution in [3.63, 3.8) is 0 Å². The molecule has 3 heterocycles. The Balaban J connectivity index is 1.89. The van der Waals surface area contributed by atoms with Gasteiger partial charge in [-0.25, -0.2) is 0 Å². The van der Waals surface area contributed by atoms with Gasteiger partial charge in [0.2, 0.25) is 5.91 Å². The molecule has 9 heteroatoms. The first-order valence-corrected chi connectivity index (χ1v) is 12.1. The van der Waals surface area contributed by atoms with Gasteiger partial charge in [0.05, 0.1) is 36.6 Å². The number of carboxylic acid groups (broad SMARTS) is 1. The van der Waals surface area contributed by atoms with Crippen molar-refractivity contribution in [3.05, 3.63) is 58.3 Å². The maximum absolute atomic E-state index is 13.4. The van der Waals surface area contributed by atoms with Crippen LogP contribution >= 0.6 is 0 Å². The lowest BCUT2D eigenvalue weighted by molar-refractivity contribution is -0.138. The summed E-state index contributed by atoms with van der Waals surface area (Å²) in [4.78, 5) is 44.3. The van der Waals surface area contributed by atoms with Gasteiger partial charge in [-0.05, 0) is 56.4 Å². The van der Waals surface area contributed by atoms with Gasteiger partial charge in [-0.1, -0.05) is 13.8 Å². The van der Waals surface area contributed by atoms with Crippen molar-refractivity contribution in [3.8, 4) is 0 Å². The van der Waals surface area contributed by atoms with Gasteiger partial charge in [-0.15, -0.1) is 0 Å². The highest BCUT2D eigenvalue weighted by Gasteiger charge is 2.28. The van der Waals surface area contributed by atoms with E-state index in [0.29, 0.717) is 25.1 Å². The summed E-state index contributed by atoms with van der Waals surface area (Å²) in [5.74, 6) is -1.29. The molecular weight excluding hydrogens is 448 g/mol. The fraction of sp³-hybridized carbons (Fsp3) is 0.538. The van der Waals surface area contributed by atoms with Crippen LogP contribution in [0.2, 0.25) is 0 Å². The number of carboxylic acids is 1. The van der Waals surface area contributed by atoms with E-state index >= 15 is 0 Å². The number of aromatic nitrogens is 2. The molecule has 1 amide bonds. The molecule has 2 aromatic heterocycles. The summed E-state index contributed by atoms with van der Waals surface area (Å²) in [7, 11) is 0. The number of morpholine rings is 1. The monoisotopic (exact) mass is 484 g/mol. The molecule has 0 aliphatic carbocycles. The summed E-state index contributed by atoms with van der Waals surface area (Å²) in [5.41, 5.74) is 2.00. The first-order chi connectivity index (χ1) is 16.5. The normalized spacial score (nSPS) is 19.9. The van der Waals surface area contributed by atoms with Crippen LogP contribution in [0.25, 0.3) is 0 Å². The number of rotatable bonds is 9. The molecule has 0 bridgehead atoms. The van der Waals surface area contributed by atoms with E-state index in [1.54, 1.807) is 24.7 Å². The van der Waals surface area contributed by atoms with Gasteiger partial charge in [0.1, 0.15) is 6.04 Å². The van der Waals surface area contributed by atoms with Gasteiger partial charge in [-0.3, -0.25) is 19.4 Å². The minimum atomic E-state index is -1.04. The van der Waals surface area contributed by atoms with Crippen molar-refractivity contribution >= 4 is 17.6 Å². The molecule has 3 rings (SSSR count). The van der Waals surface area contributed by atoms with Crippen LogP contribution in [0.5, 0.6) is 0 Å². The zero-order valence-electron chi connectivity index (χ0n) is 21.1. The number of nitrogens with one attached hydrogen (secondary N) is 1. The number of aliphatic carboxylic acids is 1. The van der Waals surface area contributed by atoms with Gasteiger partial charge in [0.25, 0.3) is 5.56 Å². The Morgan fingerprint density at radius 2 is 1.89 bits per heavy atom. The Morgan fingerprint density at radius 1 is 1.20 bits per heavy atom. The van der Waals surface area contributed by atoms with Crippen LogP contribution in [0, 0.1) is 12.8 Å². The first-order valence-electron chi connectivity index (χ1n) is 12.1. The Labute approximate surface area is 206 Å². The van der Waals surface area contributed by atoms with Crippen molar-refractivity contribution in [2.75, 3.05) is 18.0 Å². The molecule has 35 heavy (non-hydrogen) atoms. The Hall–Kier alpha value is -3.20. The van der Waals surface area contributed by atoms with E-state index in [-0.39, 0.29) is 30.1 Å². The van der Waals surface area contributed by atoms with Gasteiger partial charge in [0, 0.05) is 31.5 Å². The molecule has 2 N–H and O–H groups in total. The lowest BCUT2D eigenvalue weighted by Crippen LogP contribution is -2.45. The fourth-order valence-corrected chi connectivity index (χ4v) is 4.53. The molecule has 0 radical (unpaired) electrons. The molecule has 0 spiro atoms. The average molecular weight is 485 g/mol. The predicted molar refractivity (Wildman–Crippen MR) is 134 cm³/mol. The van der Waals surface area contributed by atoms with Gasteiger partial charge >= 0.3 is 5.97 Å². The minimum absolute atomic E-state index is 0.0570. The number of nitrogens with zero attached hydrogens (tertiary/aromatic N) is 3. The fourth-order valence-electron chi connectivity index (χ4n) is 4.53. The summed E-state index contributed by atoms with van der Waals surface area (Å²) < 4.78 is 7.24. The quantitative estimate of drug-likeness (QED) is 0.562. The molecule has 1 fully saturated rings. The number of amides is 1. The molecule has 0 aromatic carbocycles. The second-order valence-corrected chi connectivity index (χ2v) is 9.89. The number of hydrogen-bond acceptors (Lipinski definition) is 6. The van der Waals surface area contributed by atoms with Crippen molar-refractivity contribution in [1.82, 2.24) is 14.9 Å². The zero-order chi connectivity index (χ0) is 25.7. The topological polar surface area (TPSA) is 114 Å². The van der Waals surface area contributed by atoms with Crippen LogP contribution in [0.15, 0.2) is 41.6 Å². The van der Waals surface area contributed by atoms with Crippen LogP contribution in [0.1, 0.15) is 63.7 Å². The molecule has 2 aromatic rings. The lowest BCUT2D eigenvalue weighted by atomic mass is 10.00. The maximum Gasteiger partial charge on any atom is 0.305 e. The van der Waals surface area contributed by atoms with E-state index in [2.05, 4.69) is 15.2 Å². The summed E-state index contributed by atoms with van der Waals surface area (Å²) in [6.45, 7) is 11.2. The van der Waals surface area contributed by atoms with E-state index in [4.69, 9.17) is 4.74 Å². The van der Waals surface area contributed by atoms with Crippen LogP contribution in [-0.4, -0.2) is 51.8 Å². The molecule has 4 atom stereocenters. The summed E-state index contributed by atoms with van der Waals surface area (Å²) in [6, 6.07) is 3.61. The standard InChI is InChI=1S/C26H36N4O5/c1-16(2)8-23(30-7-6-17(3)9-24(30)31)26(34)28-22(11-25(32)33)20-10-21(13-27-12-20)29-14-18(4)35-19(5)15-29/h6-7,9-10,12-13,16,18-19,22-23H,8,11,14-15H2,1-5H3,(H,28,34)(H,32,33)/t18-,19+,22-,23-/m0/s1. The summed E-state index contributed by atoms with van der Waals surface area (Å²) >= 11 is 0. The van der Waals surface area contributed by atoms with Gasteiger partial charge < -0.3 is 24.6 Å². The second kappa shape index (κ2) is 11.5. The number of pyridine rings is 2. The van der Waals surface area contributed by atoms with Crippen molar-refractivity contribution in [2.45, 2.75) is 71.8 Å². The Bertz CT molecular complexity index is 1090. The smallest absolute Gasteiger partial charge is 0.305 e. The molecule has 0 saturated carbocycles. The van der Waals surface area contributed by atoms with E-state index in [1.165, 1.54) is 10.6 Å². The average Bonchev–Trinajstić information content (AvgIpc) is 2.76. The third kappa shape index (κ3) is 7.14. The minimum Gasteiger partial charge on any atom is -0.481 e. The number of hydrogen-bond donors (Lipinski definition) is 2. The van der Waals surface area contributed by atoms with Crippen molar-refractivity contribution in [2.24, 2.45) is 5.92 Å². The summed E-state index contributed by atoms with van der Waals surface area (Å²) in [6.07, 6.45) is 5.20. The van der Waals surface area contributed by atoms with E-state index in [1.807, 2.05) is 40.7 Å². The van der Waals surface area contributed by atoms with Crippen LogP contribution in [0.3, 0.4) is 0 Å². The van der Waals surface area contributed by atoms with Crippen LogP contribution in [-0.2, 0) is 14.3 Å². The highest BCUT2D eigenvalue weighted by molar-refractivity contribution is 5.81. The SMILES string of the molecule is Cc1ccn([C@@H](CC(C)C)C(=O)N[C@@H](CC(=O)O)c2cncc(N3C[C@@H](C)O[C@@H](C)C3)c2)c(=O)c1. The Morgan fingerprint density at radius 3 is 2.49 bits per heavy atom. The molecule has 1 saturated heterocycles. The zero-order valence-corrected chi connectivity index (χ0v) is 21.1. The van der Waals surface area contributed by atoms with E-state index in [9.17, 15) is 19.5 Å². The van der Waals surface area contributed by atoms with Gasteiger partial charge in [0.15, 0.2) is 0 Å². The molecule has 1 aliphatic rings. The van der Waals surface area contributed by atoms with Crippen molar-refractivity contribution in [1.29, 1.82) is 0 Å². The first kappa shape index (κ1) is 26.4. The highest BCUT2D eigenvalue weighted by atomic mass is 16.5. The molecule has 9 nitrogen and oxygen atoms in total. The van der Waals surface area contributed by atoms with Crippen LogP contribution < -0.4 is 15.8 Å². The molecule has 1 aliphatic heterocycles. The second-order valence-electron chi connectivity index (χ2n) is 9.89.